The first-order chi connectivity index (χ1) is 12.6. The van der Waals surface area contributed by atoms with E-state index in [1.54, 1.807) is 37.6 Å². The minimum Gasteiger partial charge on any atom is -0.502 e. The van der Waals surface area contributed by atoms with Crippen molar-refractivity contribution in [2.24, 2.45) is 0 Å². The van der Waals surface area contributed by atoms with Crippen molar-refractivity contribution in [2.75, 3.05) is 12.4 Å². The molecule has 0 aliphatic carbocycles. The topological polar surface area (TPSA) is 106 Å². The molecule has 3 aromatic rings. The van der Waals surface area contributed by atoms with Crippen LogP contribution in [0.1, 0.15) is 23.1 Å². The number of H-pyrrole nitrogens is 1. The smallest absolute Gasteiger partial charge is 0.273 e. The molecule has 0 saturated carbocycles. The highest BCUT2D eigenvalue weighted by molar-refractivity contribution is 5.44. The summed E-state index contributed by atoms with van der Waals surface area (Å²) in [4.78, 5) is 15.1. The molecular weight excluding hydrogens is 336 g/mol. The van der Waals surface area contributed by atoms with Gasteiger partial charge in [0.1, 0.15) is 18.1 Å². The summed E-state index contributed by atoms with van der Waals surface area (Å²) in [5.74, 6) is 0.911. The van der Waals surface area contributed by atoms with E-state index in [9.17, 15) is 15.0 Å². The number of ether oxygens (including phenoxy) is 1. The van der Waals surface area contributed by atoms with Crippen LogP contribution in [0, 0.1) is 0 Å². The highest BCUT2D eigenvalue weighted by Gasteiger charge is 2.27. The monoisotopic (exact) mass is 355 g/mol. The molecule has 2 aromatic heterocycles. The van der Waals surface area contributed by atoms with Gasteiger partial charge in [-0.25, -0.2) is 4.98 Å². The molecule has 4 N–H and O–H groups in total. The predicted octanol–water partition coefficient (Wildman–Crippen LogP) is 1.86. The zero-order chi connectivity index (χ0) is 18.5. The number of benzene rings is 1. The van der Waals surface area contributed by atoms with Crippen molar-refractivity contribution in [1.82, 2.24) is 0 Å². The maximum Gasteiger partial charge on any atom is 0.273 e. The van der Waals surface area contributed by atoms with Crippen LogP contribution in [0.15, 0.2) is 63.9 Å². The third-order valence-electron chi connectivity index (χ3n) is 3.88. The SMILES string of the molecule is COc1ccc([C@@H](Nc2cccc[nH+]2)c2oc(CO)cc(=O)c2O)cc1. The van der Waals surface area contributed by atoms with Crippen molar-refractivity contribution in [3.63, 3.8) is 0 Å². The van der Waals surface area contributed by atoms with Crippen molar-refractivity contribution in [1.29, 1.82) is 0 Å². The van der Waals surface area contributed by atoms with E-state index in [0.717, 1.165) is 11.6 Å². The van der Waals surface area contributed by atoms with Gasteiger partial charge in [-0.05, 0) is 18.2 Å². The zero-order valence-electron chi connectivity index (χ0n) is 14.1. The molecule has 0 fully saturated rings. The molecule has 1 atom stereocenters. The number of aliphatic hydroxyl groups excluding tert-OH is 1. The molecule has 0 saturated heterocycles. The zero-order valence-corrected chi connectivity index (χ0v) is 14.1. The van der Waals surface area contributed by atoms with E-state index < -0.39 is 23.8 Å². The van der Waals surface area contributed by atoms with Crippen LogP contribution in [-0.2, 0) is 6.61 Å². The van der Waals surface area contributed by atoms with Gasteiger partial charge >= 0.3 is 0 Å². The van der Waals surface area contributed by atoms with Gasteiger partial charge in [0.25, 0.3) is 5.82 Å². The molecule has 2 heterocycles. The van der Waals surface area contributed by atoms with Gasteiger partial charge in [-0.3, -0.25) is 10.1 Å². The van der Waals surface area contributed by atoms with Crippen LogP contribution in [0.3, 0.4) is 0 Å². The molecule has 3 rings (SSSR count). The second kappa shape index (κ2) is 7.71. The van der Waals surface area contributed by atoms with Crippen LogP contribution in [-0.4, -0.2) is 17.3 Å². The predicted molar refractivity (Wildman–Crippen MR) is 94.0 cm³/mol. The average Bonchev–Trinajstić information content (AvgIpc) is 2.69. The Kier molecular flexibility index (Phi) is 5.19. The third-order valence-corrected chi connectivity index (χ3v) is 3.88. The number of nitrogens with one attached hydrogen (secondary N) is 2. The van der Waals surface area contributed by atoms with Gasteiger partial charge in [0.15, 0.2) is 11.8 Å². The van der Waals surface area contributed by atoms with E-state index in [1.807, 2.05) is 18.2 Å². The highest BCUT2D eigenvalue weighted by atomic mass is 16.5. The Balaban J connectivity index is 2.11. The van der Waals surface area contributed by atoms with Crippen molar-refractivity contribution in [3.8, 4) is 11.5 Å². The molecule has 26 heavy (non-hydrogen) atoms. The lowest BCUT2D eigenvalue weighted by Crippen LogP contribution is -2.20. The van der Waals surface area contributed by atoms with Gasteiger partial charge in [-0.15, -0.1) is 0 Å². The minimum absolute atomic E-state index is 0.0176. The van der Waals surface area contributed by atoms with Gasteiger partial charge in [0.2, 0.25) is 11.2 Å². The van der Waals surface area contributed by atoms with Crippen LogP contribution >= 0.6 is 0 Å². The van der Waals surface area contributed by atoms with E-state index in [1.165, 1.54) is 0 Å². The van der Waals surface area contributed by atoms with Gasteiger partial charge < -0.3 is 19.4 Å². The summed E-state index contributed by atoms with van der Waals surface area (Å²) < 4.78 is 10.7. The summed E-state index contributed by atoms with van der Waals surface area (Å²) >= 11 is 0. The maximum absolute atomic E-state index is 12.0. The molecular formula is C19H19N2O5+. The Morgan fingerprint density at radius 3 is 2.62 bits per heavy atom. The van der Waals surface area contributed by atoms with Crippen molar-refractivity contribution >= 4 is 5.82 Å². The molecule has 0 aliphatic heterocycles. The number of aliphatic hydroxyl groups is 1. The molecule has 1 aromatic carbocycles. The first kappa shape index (κ1) is 17.5. The maximum atomic E-state index is 12.0. The Labute approximate surface area is 149 Å². The fraction of sp³-hybridized carbons (Fsp3) is 0.158. The van der Waals surface area contributed by atoms with Crippen LogP contribution in [0.25, 0.3) is 0 Å². The lowest BCUT2D eigenvalue weighted by atomic mass is 10.0. The second-order valence-electron chi connectivity index (χ2n) is 5.57. The average molecular weight is 355 g/mol. The van der Waals surface area contributed by atoms with E-state index in [2.05, 4.69) is 10.3 Å². The van der Waals surface area contributed by atoms with E-state index in [0.29, 0.717) is 11.6 Å². The van der Waals surface area contributed by atoms with E-state index >= 15 is 0 Å². The lowest BCUT2D eigenvalue weighted by molar-refractivity contribution is -0.361. The van der Waals surface area contributed by atoms with Crippen molar-refractivity contribution < 1.29 is 24.4 Å². The van der Waals surface area contributed by atoms with Gasteiger partial charge in [0, 0.05) is 17.7 Å². The lowest BCUT2D eigenvalue weighted by Gasteiger charge is -2.16. The summed E-state index contributed by atoms with van der Waals surface area (Å²) in [5, 5.41) is 22.8. The Hall–Kier alpha value is -3.32. The quantitative estimate of drug-likeness (QED) is 0.623. The number of rotatable bonds is 6. The minimum atomic E-state index is -0.668. The Morgan fingerprint density at radius 2 is 2.00 bits per heavy atom. The second-order valence-corrected chi connectivity index (χ2v) is 5.57. The summed E-state index contributed by atoms with van der Waals surface area (Å²) in [6, 6.07) is 13.0. The fourth-order valence-corrected chi connectivity index (χ4v) is 2.56. The highest BCUT2D eigenvalue weighted by Crippen LogP contribution is 2.31. The normalized spacial score (nSPS) is 11.8. The number of aromatic amines is 1. The molecule has 7 heteroatoms. The molecule has 0 aliphatic rings. The first-order valence-electron chi connectivity index (χ1n) is 7.96. The number of methoxy groups -OCH3 is 1. The molecule has 0 unspecified atom stereocenters. The number of hydrogen-bond acceptors (Lipinski definition) is 6. The summed E-state index contributed by atoms with van der Waals surface area (Å²) in [6.45, 7) is -0.449. The third kappa shape index (κ3) is 3.68. The number of aromatic nitrogens is 1. The van der Waals surface area contributed by atoms with E-state index in [4.69, 9.17) is 9.15 Å². The number of aromatic hydroxyl groups is 1. The standard InChI is InChI=1S/C19H18N2O5/c1-25-13-7-5-12(6-8-13)17(21-16-4-2-3-9-20-16)19-18(24)15(23)10-14(11-22)26-19/h2-10,17,22,24H,11H2,1H3,(H,20,21)/p+1/t17-/m1/s1. The molecule has 0 amide bonds. The number of pyridine rings is 1. The molecule has 0 spiro atoms. The van der Waals surface area contributed by atoms with E-state index in [-0.39, 0.29) is 11.5 Å². The molecule has 0 radical (unpaired) electrons. The van der Waals surface area contributed by atoms with Crippen LogP contribution in [0.4, 0.5) is 5.82 Å². The van der Waals surface area contributed by atoms with Crippen LogP contribution < -0.4 is 20.5 Å². The Bertz CT molecular complexity index is 923. The molecule has 0 bridgehead atoms. The number of anilines is 1. The fourth-order valence-electron chi connectivity index (χ4n) is 2.56. The number of hydrogen-bond donors (Lipinski definition) is 3. The van der Waals surface area contributed by atoms with Crippen LogP contribution in [0.5, 0.6) is 11.5 Å². The summed E-state index contributed by atoms with van der Waals surface area (Å²) in [5.41, 5.74) is 0.115. The van der Waals surface area contributed by atoms with Crippen molar-refractivity contribution in [2.45, 2.75) is 12.6 Å². The summed E-state index contributed by atoms with van der Waals surface area (Å²) in [7, 11) is 1.57. The summed E-state index contributed by atoms with van der Waals surface area (Å²) in [6.07, 6.45) is 1.74. The van der Waals surface area contributed by atoms with Gasteiger partial charge in [-0.2, -0.15) is 0 Å². The van der Waals surface area contributed by atoms with Crippen molar-refractivity contribution in [3.05, 3.63) is 82.0 Å². The Morgan fingerprint density at radius 1 is 1.23 bits per heavy atom. The van der Waals surface area contributed by atoms with Gasteiger partial charge in [0.05, 0.1) is 13.3 Å². The van der Waals surface area contributed by atoms with Gasteiger partial charge in [-0.1, -0.05) is 18.2 Å². The largest absolute Gasteiger partial charge is 0.502 e. The first-order valence-corrected chi connectivity index (χ1v) is 7.96. The molecule has 134 valence electrons. The van der Waals surface area contributed by atoms with Crippen LogP contribution in [0.2, 0.25) is 0 Å². The molecule has 7 nitrogen and oxygen atoms in total.